The number of rotatable bonds is 4. The number of hydrogen-bond acceptors (Lipinski definition) is 3. The Bertz CT molecular complexity index is 479. The van der Waals surface area contributed by atoms with Gasteiger partial charge in [0.25, 0.3) is 5.91 Å². The van der Waals surface area contributed by atoms with E-state index in [4.69, 9.17) is 22.5 Å². The fraction of sp³-hybridized carbons (Fsp3) is 0.273. The number of oxime groups is 1. The molecule has 0 spiro atoms. The summed E-state index contributed by atoms with van der Waals surface area (Å²) in [5, 5.41) is 14.6. The summed E-state index contributed by atoms with van der Waals surface area (Å²) in [6.45, 7) is 1.82. The standard InChI is InChI=1S/C11H13BrClN3O2/c1-2-9(10(14)16-18)15-11(17)6-3-4-7(12)8(13)5-6/h3-5,9,18H,2H2,1H3,(H2,14,16)(H,15,17). The van der Waals surface area contributed by atoms with Crippen molar-refractivity contribution in [2.24, 2.45) is 10.9 Å². The van der Waals surface area contributed by atoms with Gasteiger partial charge in [0.1, 0.15) is 0 Å². The first-order chi connectivity index (χ1) is 8.49. The monoisotopic (exact) mass is 333 g/mol. The van der Waals surface area contributed by atoms with E-state index in [2.05, 4.69) is 26.4 Å². The molecule has 0 aliphatic carbocycles. The third-order valence-electron chi connectivity index (χ3n) is 2.37. The average molecular weight is 335 g/mol. The number of benzene rings is 1. The predicted molar refractivity (Wildman–Crippen MR) is 74.1 cm³/mol. The largest absolute Gasteiger partial charge is 0.409 e. The molecule has 4 N–H and O–H groups in total. The lowest BCUT2D eigenvalue weighted by Gasteiger charge is -2.15. The molecule has 1 aromatic carbocycles. The van der Waals surface area contributed by atoms with Crippen LogP contribution in [0.2, 0.25) is 5.02 Å². The molecule has 1 atom stereocenters. The van der Waals surface area contributed by atoms with E-state index in [0.29, 0.717) is 21.5 Å². The van der Waals surface area contributed by atoms with E-state index >= 15 is 0 Å². The zero-order chi connectivity index (χ0) is 13.7. The summed E-state index contributed by atoms with van der Waals surface area (Å²) in [7, 11) is 0. The molecule has 18 heavy (non-hydrogen) atoms. The molecular formula is C11H13BrClN3O2. The lowest BCUT2D eigenvalue weighted by atomic mass is 10.1. The van der Waals surface area contributed by atoms with Crippen LogP contribution >= 0.6 is 27.5 Å². The highest BCUT2D eigenvalue weighted by atomic mass is 79.9. The van der Waals surface area contributed by atoms with Gasteiger partial charge in [0, 0.05) is 10.0 Å². The van der Waals surface area contributed by atoms with Crippen molar-refractivity contribution in [2.45, 2.75) is 19.4 Å². The Labute approximate surface area is 118 Å². The summed E-state index contributed by atoms with van der Waals surface area (Å²) in [6.07, 6.45) is 0.520. The third kappa shape index (κ3) is 3.61. The molecule has 1 amide bonds. The molecule has 0 aliphatic heterocycles. The van der Waals surface area contributed by atoms with E-state index in [-0.39, 0.29) is 11.7 Å². The van der Waals surface area contributed by atoms with Crippen LogP contribution in [-0.4, -0.2) is 23.0 Å². The van der Waals surface area contributed by atoms with Gasteiger partial charge in [-0.15, -0.1) is 0 Å². The van der Waals surface area contributed by atoms with Gasteiger partial charge in [-0.25, -0.2) is 0 Å². The molecule has 0 radical (unpaired) electrons. The molecule has 0 fully saturated rings. The summed E-state index contributed by atoms with van der Waals surface area (Å²) >= 11 is 9.14. The normalized spacial score (nSPS) is 13.2. The Morgan fingerprint density at radius 2 is 2.33 bits per heavy atom. The van der Waals surface area contributed by atoms with Crippen LogP contribution in [0, 0.1) is 0 Å². The molecule has 0 saturated carbocycles. The van der Waals surface area contributed by atoms with Crippen molar-refractivity contribution in [3.05, 3.63) is 33.3 Å². The van der Waals surface area contributed by atoms with E-state index < -0.39 is 6.04 Å². The maximum absolute atomic E-state index is 11.9. The maximum atomic E-state index is 11.9. The third-order valence-corrected chi connectivity index (χ3v) is 3.60. The number of nitrogens with one attached hydrogen (secondary N) is 1. The summed E-state index contributed by atoms with van der Waals surface area (Å²) in [5.74, 6) is -0.364. The van der Waals surface area contributed by atoms with Crippen molar-refractivity contribution in [3.8, 4) is 0 Å². The Balaban J connectivity index is 2.84. The smallest absolute Gasteiger partial charge is 0.251 e. The minimum Gasteiger partial charge on any atom is -0.409 e. The van der Waals surface area contributed by atoms with Crippen LogP contribution in [-0.2, 0) is 0 Å². The van der Waals surface area contributed by atoms with Gasteiger partial charge in [0.2, 0.25) is 0 Å². The number of amidine groups is 1. The number of halogens is 2. The fourth-order valence-electron chi connectivity index (χ4n) is 1.33. The van der Waals surface area contributed by atoms with Gasteiger partial charge in [-0.2, -0.15) is 0 Å². The second-order valence-corrected chi connectivity index (χ2v) is 4.85. The summed E-state index contributed by atoms with van der Waals surface area (Å²) < 4.78 is 0.712. The number of amides is 1. The van der Waals surface area contributed by atoms with E-state index in [0.717, 1.165) is 0 Å². The molecule has 98 valence electrons. The molecule has 0 heterocycles. The SMILES string of the molecule is CCC(NC(=O)c1ccc(Br)c(Cl)c1)/C(N)=N/O. The van der Waals surface area contributed by atoms with Crippen LogP contribution in [0.25, 0.3) is 0 Å². The van der Waals surface area contributed by atoms with Crippen LogP contribution in [0.3, 0.4) is 0 Å². The number of carbonyl (C=O) groups excluding carboxylic acids is 1. The van der Waals surface area contributed by atoms with Gasteiger partial charge in [0.15, 0.2) is 5.84 Å². The van der Waals surface area contributed by atoms with Crippen molar-refractivity contribution in [2.75, 3.05) is 0 Å². The minimum atomic E-state index is -0.509. The quantitative estimate of drug-likeness (QED) is 0.342. The first-order valence-corrected chi connectivity index (χ1v) is 6.40. The summed E-state index contributed by atoms with van der Waals surface area (Å²) in [6, 6.07) is 4.34. The zero-order valence-corrected chi connectivity index (χ0v) is 12.0. The van der Waals surface area contributed by atoms with Gasteiger partial charge in [-0.05, 0) is 40.5 Å². The van der Waals surface area contributed by atoms with Crippen molar-refractivity contribution in [1.29, 1.82) is 0 Å². The van der Waals surface area contributed by atoms with Crippen LogP contribution in [0.5, 0.6) is 0 Å². The topological polar surface area (TPSA) is 87.7 Å². The van der Waals surface area contributed by atoms with Crippen LogP contribution in [0.1, 0.15) is 23.7 Å². The summed E-state index contributed by atoms with van der Waals surface area (Å²) in [5.41, 5.74) is 5.87. The van der Waals surface area contributed by atoms with Crippen molar-refractivity contribution in [1.82, 2.24) is 5.32 Å². The molecular weight excluding hydrogens is 321 g/mol. The van der Waals surface area contributed by atoms with Crippen molar-refractivity contribution in [3.63, 3.8) is 0 Å². The molecule has 7 heteroatoms. The summed E-state index contributed by atoms with van der Waals surface area (Å²) in [4.78, 5) is 11.9. The minimum absolute atomic E-state index is 0.0333. The predicted octanol–water partition coefficient (Wildman–Crippen LogP) is 2.36. The molecule has 0 bridgehead atoms. The van der Waals surface area contributed by atoms with E-state index in [9.17, 15) is 4.79 Å². The van der Waals surface area contributed by atoms with E-state index in [1.54, 1.807) is 18.2 Å². The Morgan fingerprint density at radius 3 is 2.83 bits per heavy atom. The highest BCUT2D eigenvalue weighted by Crippen LogP contribution is 2.23. The van der Waals surface area contributed by atoms with Crippen LogP contribution in [0.15, 0.2) is 27.8 Å². The Morgan fingerprint density at radius 1 is 1.67 bits per heavy atom. The Hall–Kier alpha value is -1.27. The molecule has 1 aromatic rings. The molecule has 1 unspecified atom stereocenters. The number of hydrogen-bond donors (Lipinski definition) is 3. The van der Waals surface area contributed by atoms with Crippen LogP contribution < -0.4 is 11.1 Å². The molecule has 5 nitrogen and oxygen atoms in total. The van der Waals surface area contributed by atoms with Crippen molar-refractivity contribution < 1.29 is 10.0 Å². The number of nitrogens with zero attached hydrogens (tertiary/aromatic N) is 1. The maximum Gasteiger partial charge on any atom is 0.251 e. The second-order valence-electron chi connectivity index (χ2n) is 3.59. The van der Waals surface area contributed by atoms with Gasteiger partial charge in [-0.1, -0.05) is 23.7 Å². The highest BCUT2D eigenvalue weighted by molar-refractivity contribution is 9.10. The molecule has 0 saturated heterocycles. The van der Waals surface area contributed by atoms with Crippen LogP contribution in [0.4, 0.5) is 0 Å². The van der Waals surface area contributed by atoms with Crippen molar-refractivity contribution >= 4 is 39.3 Å². The molecule has 0 aliphatic rings. The lowest BCUT2D eigenvalue weighted by molar-refractivity contribution is 0.0945. The van der Waals surface area contributed by atoms with Gasteiger partial charge in [-0.3, -0.25) is 4.79 Å². The number of nitrogens with two attached hydrogens (primary N) is 1. The van der Waals surface area contributed by atoms with Gasteiger partial charge < -0.3 is 16.3 Å². The zero-order valence-electron chi connectivity index (χ0n) is 9.65. The van der Waals surface area contributed by atoms with Gasteiger partial charge in [0.05, 0.1) is 11.1 Å². The second kappa shape index (κ2) is 6.61. The van der Waals surface area contributed by atoms with E-state index in [1.807, 2.05) is 6.92 Å². The van der Waals surface area contributed by atoms with Gasteiger partial charge >= 0.3 is 0 Å². The highest BCUT2D eigenvalue weighted by Gasteiger charge is 2.16. The first-order valence-electron chi connectivity index (χ1n) is 5.23. The van der Waals surface area contributed by atoms with E-state index in [1.165, 1.54) is 0 Å². The lowest BCUT2D eigenvalue weighted by Crippen LogP contribution is -2.44. The number of carbonyl (C=O) groups is 1. The Kier molecular flexibility index (Phi) is 5.43. The molecule has 1 rings (SSSR count). The fourth-order valence-corrected chi connectivity index (χ4v) is 1.76. The first kappa shape index (κ1) is 14.8. The average Bonchev–Trinajstić information content (AvgIpc) is 2.37. The molecule has 0 aromatic heterocycles.